The molecule has 26 heavy (non-hydrogen) atoms. The minimum Gasteiger partial charge on any atom is -0.343 e. The maximum atomic E-state index is 12.7. The van der Waals surface area contributed by atoms with Gasteiger partial charge in [-0.1, -0.05) is 18.2 Å². The van der Waals surface area contributed by atoms with Crippen LogP contribution in [0.4, 0.5) is 10.5 Å². The van der Waals surface area contributed by atoms with Crippen molar-refractivity contribution in [2.45, 2.75) is 19.8 Å². The number of nitrogens with zero attached hydrogens (tertiary/aromatic N) is 3. The van der Waals surface area contributed by atoms with E-state index in [1.807, 2.05) is 35.2 Å². The molecule has 2 saturated heterocycles. The molecule has 0 spiro atoms. The van der Waals surface area contributed by atoms with Gasteiger partial charge in [-0.2, -0.15) is 0 Å². The van der Waals surface area contributed by atoms with Gasteiger partial charge in [0.1, 0.15) is 0 Å². The Bertz CT molecular complexity index is 648. The van der Waals surface area contributed by atoms with E-state index in [4.69, 9.17) is 0 Å². The van der Waals surface area contributed by atoms with Gasteiger partial charge in [0.25, 0.3) is 0 Å². The van der Waals surface area contributed by atoms with Gasteiger partial charge in [-0.25, -0.2) is 4.79 Å². The molecule has 2 aliphatic rings. The predicted molar refractivity (Wildman–Crippen MR) is 98.6 cm³/mol. The topological polar surface area (TPSA) is 73.0 Å². The lowest BCUT2D eigenvalue weighted by molar-refractivity contribution is -0.141. The highest BCUT2D eigenvalue weighted by Crippen LogP contribution is 2.21. The fraction of sp³-hybridized carbons (Fsp3) is 0.526. The molecule has 2 aliphatic heterocycles. The maximum absolute atomic E-state index is 12.7. The molecule has 4 amide bonds. The third-order valence-electron chi connectivity index (χ3n) is 5.19. The van der Waals surface area contributed by atoms with Gasteiger partial charge >= 0.3 is 6.03 Å². The summed E-state index contributed by atoms with van der Waals surface area (Å²) < 4.78 is 0. The van der Waals surface area contributed by atoms with Crippen LogP contribution in [-0.2, 0) is 9.59 Å². The standard InChI is InChI=1S/C19H26N4O3/c1-15(24)21-9-7-16(8-10-21)18(25)22-11-13-23(14-12-22)19(26)20-17-5-3-2-4-6-17/h2-6,16H,7-14H2,1H3,(H,20,26). The highest BCUT2D eigenvalue weighted by atomic mass is 16.2. The van der Waals surface area contributed by atoms with Crippen LogP contribution in [0.15, 0.2) is 30.3 Å². The highest BCUT2D eigenvalue weighted by molar-refractivity contribution is 5.89. The lowest BCUT2D eigenvalue weighted by Crippen LogP contribution is -2.53. The number of likely N-dealkylation sites (tertiary alicyclic amines) is 1. The fourth-order valence-corrected chi connectivity index (χ4v) is 3.55. The summed E-state index contributed by atoms with van der Waals surface area (Å²) in [4.78, 5) is 41.8. The first-order chi connectivity index (χ1) is 12.5. The van der Waals surface area contributed by atoms with Crippen molar-refractivity contribution in [1.29, 1.82) is 0 Å². The number of piperazine rings is 1. The zero-order valence-electron chi connectivity index (χ0n) is 15.2. The first-order valence-electron chi connectivity index (χ1n) is 9.20. The van der Waals surface area contributed by atoms with Crippen molar-refractivity contribution in [2.75, 3.05) is 44.6 Å². The van der Waals surface area contributed by atoms with Crippen LogP contribution in [0.3, 0.4) is 0 Å². The number of carbonyl (C=O) groups excluding carboxylic acids is 3. The summed E-state index contributed by atoms with van der Waals surface area (Å²) in [5, 5.41) is 2.88. The Morgan fingerprint density at radius 3 is 2.00 bits per heavy atom. The van der Waals surface area contributed by atoms with E-state index in [1.54, 1.807) is 16.7 Å². The highest BCUT2D eigenvalue weighted by Gasteiger charge is 2.31. The molecular weight excluding hydrogens is 332 g/mol. The molecule has 1 aromatic carbocycles. The van der Waals surface area contributed by atoms with Gasteiger partial charge in [-0.15, -0.1) is 0 Å². The molecule has 0 atom stereocenters. The van der Waals surface area contributed by atoms with Gasteiger partial charge in [0.15, 0.2) is 0 Å². The van der Waals surface area contributed by atoms with E-state index >= 15 is 0 Å². The summed E-state index contributed by atoms with van der Waals surface area (Å²) in [5.74, 6) is 0.237. The van der Waals surface area contributed by atoms with E-state index in [-0.39, 0.29) is 23.8 Å². The fourth-order valence-electron chi connectivity index (χ4n) is 3.55. The van der Waals surface area contributed by atoms with Crippen LogP contribution in [0, 0.1) is 5.92 Å². The zero-order chi connectivity index (χ0) is 18.5. The molecule has 0 bridgehead atoms. The molecule has 140 valence electrons. The SMILES string of the molecule is CC(=O)N1CCC(C(=O)N2CCN(C(=O)Nc3ccccc3)CC2)CC1. The largest absolute Gasteiger partial charge is 0.343 e. The molecule has 0 aromatic heterocycles. The van der Waals surface area contributed by atoms with Crippen molar-refractivity contribution < 1.29 is 14.4 Å². The van der Waals surface area contributed by atoms with E-state index in [0.717, 1.165) is 18.5 Å². The number of hydrogen-bond acceptors (Lipinski definition) is 3. The number of para-hydroxylation sites is 1. The van der Waals surface area contributed by atoms with Gasteiger partial charge < -0.3 is 20.0 Å². The van der Waals surface area contributed by atoms with E-state index in [9.17, 15) is 14.4 Å². The molecule has 0 saturated carbocycles. The van der Waals surface area contributed by atoms with Gasteiger partial charge in [0, 0.05) is 57.8 Å². The quantitative estimate of drug-likeness (QED) is 0.873. The van der Waals surface area contributed by atoms with Gasteiger partial charge in [0.2, 0.25) is 11.8 Å². The van der Waals surface area contributed by atoms with Crippen molar-refractivity contribution in [1.82, 2.24) is 14.7 Å². The summed E-state index contributed by atoms with van der Waals surface area (Å²) in [7, 11) is 0. The van der Waals surface area contributed by atoms with Crippen LogP contribution in [0.25, 0.3) is 0 Å². The molecule has 3 rings (SSSR count). The minimum atomic E-state index is -0.127. The number of hydrogen-bond donors (Lipinski definition) is 1. The lowest BCUT2D eigenvalue weighted by atomic mass is 9.95. The number of anilines is 1. The second kappa shape index (κ2) is 8.21. The Morgan fingerprint density at radius 2 is 1.42 bits per heavy atom. The van der Waals surface area contributed by atoms with Crippen molar-refractivity contribution >= 4 is 23.5 Å². The maximum Gasteiger partial charge on any atom is 0.321 e. The molecule has 1 aromatic rings. The average molecular weight is 358 g/mol. The number of piperidine rings is 1. The summed E-state index contributed by atoms with van der Waals surface area (Å²) >= 11 is 0. The third kappa shape index (κ3) is 4.33. The second-order valence-corrected chi connectivity index (χ2v) is 6.89. The van der Waals surface area contributed by atoms with Crippen LogP contribution >= 0.6 is 0 Å². The molecule has 7 heteroatoms. The summed E-state index contributed by atoms with van der Waals surface area (Å²) in [5.41, 5.74) is 0.772. The van der Waals surface area contributed by atoms with E-state index in [1.165, 1.54) is 0 Å². The predicted octanol–water partition coefficient (Wildman–Crippen LogP) is 1.62. The lowest BCUT2D eigenvalue weighted by Gasteiger charge is -2.38. The third-order valence-corrected chi connectivity index (χ3v) is 5.19. The van der Waals surface area contributed by atoms with E-state index in [0.29, 0.717) is 39.3 Å². The number of benzene rings is 1. The zero-order valence-corrected chi connectivity index (χ0v) is 15.2. The van der Waals surface area contributed by atoms with Gasteiger partial charge in [-0.3, -0.25) is 9.59 Å². The van der Waals surface area contributed by atoms with Crippen LogP contribution < -0.4 is 5.32 Å². The molecule has 2 heterocycles. The van der Waals surface area contributed by atoms with Crippen molar-refractivity contribution in [2.24, 2.45) is 5.92 Å². The van der Waals surface area contributed by atoms with E-state index < -0.39 is 0 Å². The smallest absolute Gasteiger partial charge is 0.321 e. The van der Waals surface area contributed by atoms with Crippen molar-refractivity contribution in [3.05, 3.63) is 30.3 Å². The summed E-state index contributed by atoms with van der Waals surface area (Å²) in [6.45, 7) is 5.09. The molecule has 0 radical (unpaired) electrons. The number of carbonyl (C=O) groups is 3. The molecule has 0 aliphatic carbocycles. The Hall–Kier alpha value is -2.57. The normalized spacial score (nSPS) is 18.6. The van der Waals surface area contributed by atoms with Crippen LogP contribution in [0.2, 0.25) is 0 Å². The van der Waals surface area contributed by atoms with Crippen molar-refractivity contribution in [3.8, 4) is 0 Å². The monoisotopic (exact) mass is 358 g/mol. The number of rotatable bonds is 2. The number of amides is 4. The van der Waals surface area contributed by atoms with Crippen LogP contribution in [0.5, 0.6) is 0 Å². The second-order valence-electron chi connectivity index (χ2n) is 6.89. The summed E-state index contributed by atoms with van der Waals surface area (Å²) in [6.07, 6.45) is 1.46. The Kier molecular flexibility index (Phi) is 5.75. The summed E-state index contributed by atoms with van der Waals surface area (Å²) in [6, 6.07) is 9.24. The first kappa shape index (κ1) is 18.2. The number of nitrogens with one attached hydrogen (secondary N) is 1. The number of urea groups is 1. The molecule has 1 N–H and O–H groups in total. The Morgan fingerprint density at radius 1 is 0.846 bits per heavy atom. The van der Waals surface area contributed by atoms with Crippen LogP contribution in [-0.4, -0.2) is 71.8 Å². The van der Waals surface area contributed by atoms with Crippen molar-refractivity contribution in [3.63, 3.8) is 0 Å². The van der Waals surface area contributed by atoms with Crippen LogP contribution in [0.1, 0.15) is 19.8 Å². The van der Waals surface area contributed by atoms with Gasteiger partial charge in [0.05, 0.1) is 0 Å². The average Bonchev–Trinajstić information content (AvgIpc) is 2.68. The molecule has 2 fully saturated rings. The minimum absolute atomic E-state index is 0.00436. The van der Waals surface area contributed by atoms with E-state index in [2.05, 4.69) is 5.32 Å². The Balaban J connectivity index is 1.45. The van der Waals surface area contributed by atoms with Gasteiger partial charge in [-0.05, 0) is 25.0 Å². The molecule has 0 unspecified atom stereocenters. The molecular formula is C19H26N4O3. The first-order valence-corrected chi connectivity index (χ1v) is 9.20. The Labute approximate surface area is 153 Å². The molecule has 7 nitrogen and oxygen atoms in total.